The largest absolute Gasteiger partial charge is 0.375 e. The maximum Gasteiger partial charge on any atom is 0.251 e. The van der Waals surface area contributed by atoms with Crippen LogP contribution in [0, 0.1) is 5.41 Å². The fourth-order valence-corrected chi connectivity index (χ4v) is 5.75. The Balaban J connectivity index is 1.17. The van der Waals surface area contributed by atoms with E-state index in [1.807, 2.05) is 54.9 Å². The normalized spacial score (nSPS) is 23.5. The molecule has 2 atom stereocenters. The third-order valence-electron chi connectivity index (χ3n) is 7.58. The molecule has 1 N–H and O–H groups in total. The number of amides is 1. The highest BCUT2D eigenvalue weighted by Gasteiger charge is 2.49. The Morgan fingerprint density at radius 2 is 2.06 bits per heavy atom. The lowest BCUT2D eigenvalue weighted by molar-refractivity contribution is 0.0147. The molecule has 178 valence electrons. The van der Waals surface area contributed by atoms with E-state index in [-0.39, 0.29) is 16.9 Å². The number of carbonyl (C=O) groups excluding carboxylic acids is 1. The summed E-state index contributed by atoms with van der Waals surface area (Å²) in [5, 5.41) is 14.1. The van der Waals surface area contributed by atoms with Gasteiger partial charge in [-0.25, -0.2) is 4.68 Å². The molecule has 0 radical (unpaired) electrons. The standard InChI is InChI=1S/C28H29N5O2/c1-27-10-4-11-28(17-27,19-35-27)18-30-26(34)24-6-3-2-5-23(24)15-33-16-25(31-32-33)21-7-8-22-14-29-12-9-20(22)13-21/h2-3,5-9,12-14,16H,4,10-11,15,17-19H2,1H3,(H,30,34). The van der Waals surface area contributed by atoms with Crippen LogP contribution < -0.4 is 5.32 Å². The number of nitrogens with one attached hydrogen (secondary N) is 1. The fraction of sp³-hybridized carbons (Fsp3) is 0.357. The number of benzene rings is 2. The molecule has 2 aromatic carbocycles. The zero-order chi connectivity index (χ0) is 23.9. The van der Waals surface area contributed by atoms with Gasteiger partial charge in [-0.3, -0.25) is 9.78 Å². The second kappa shape index (κ2) is 8.57. The molecule has 1 saturated heterocycles. The van der Waals surface area contributed by atoms with Crippen LogP contribution in [0.15, 0.2) is 67.1 Å². The Hall–Kier alpha value is -3.58. The molecule has 4 aromatic rings. The SMILES string of the molecule is CC12CCCC(CNC(=O)c3ccccc3Cn3cc(-c4ccc5cnccc5c4)nn3)(CO1)C2. The van der Waals surface area contributed by atoms with E-state index in [1.165, 1.54) is 0 Å². The van der Waals surface area contributed by atoms with Gasteiger partial charge in [0.1, 0.15) is 5.69 Å². The van der Waals surface area contributed by atoms with Crippen molar-refractivity contribution in [1.82, 2.24) is 25.3 Å². The molecule has 1 aliphatic carbocycles. The first-order valence-electron chi connectivity index (χ1n) is 12.3. The summed E-state index contributed by atoms with van der Waals surface area (Å²) in [7, 11) is 0. The predicted molar refractivity (Wildman–Crippen MR) is 134 cm³/mol. The molecular formula is C28H29N5O2. The van der Waals surface area contributed by atoms with Crippen LogP contribution in [0.1, 0.15) is 48.5 Å². The van der Waals surface area contributed by atoms with Crippen LogP contribution in [0.25, 0.3) is 22.0 Å². The molecular weight excluding hydrogens is 438 g/mol. The Morgan fingerprint density at radius 1 is 1.14 bits per heavy atom. The minimum absolute atomic E-state index is 0.0202. The van der Waals surface area contributed by atoms with Gasteiger partial charge >= 0.3 is 0 Å². The summed E-state index contributed by atoms with van der Waals surface area (Å²) in [5.74, 6) is -0.0439. The lowest BCUT2D eigenvalue weighted by Crippen LogP contribution is -2.41. The molecule has 2 fully saturated rings. The van der Waals surface area contributed by atoms with Crippen molar-refractivity contribution < 1.29 is 9.53 Å². The van der Waals surface area contributed by atoms with Crippen LogP contribution in [0.2, 0.25) is 0 Å². The maximum absolute atomic E-state index is 13.2. The van der Waals surface area contributed by atoms with Crippen LogP contribution >= 0.6 is 0 Å². The van der Waals surface area contributed by atoms with Gasteiger partial charge in [0.15, 0.2) is 0 Å². The first-order chi connectivity index (χ1) is 17.0. The summed E-state index contributed by atoms with van der Waals surface area (Å²) in [6, 6.07) is 15.9. The summed E-state index contributed by atoms with van der Waals surface area (Å²) in [5.41, 5.74) is 3.43. The van der Waals surface area contributed by atoms with Crippen molar-refractivity contribution >= 4 is 16.7 Å². The Labute approximate surface area is 204 Å². The molecule has 0 spiro atoms. The van der Waals surface area contributed by atoms with E-state index >= 15 is 0 Å². The summed E-state index contributed by atoms with van der Waals surface area (Å²) < 4.78 is 7.88. The molecule has 35 heavy (non-hydrogen) atoms. The highest BCUT2D eigenvalue weighted by Crippen LogP contribution is 2.49. The Bertz CT molecular complexity index is 1400. The number of pyridine rings is 1. The first-order valence-corrected chi connectivity index (χ1v) is 12.3. The second-order valence-corrected chi connectivity index (χ2v) is 10.3. The van der Waals surface area contributed by atoms with Gasteiger partial charge in [-0.2, -0.15) is 0 Å². The van der Waals surface area contributed by atoms with E-state index in [9.17, 15) is 4.79 Å². The average molecular weight is 468 g/mol. The van der Waals surface area contributed by atoms with E-state index in [0.717, 1.165) is 59.9 Å². The van der Waals surface area contributed by atoms with Crippen LogP contribution in [-0.2, 0) is 11.3 Å². The van der Waals surface area contributed by atoms with Gasteiger partial charge in [0, 0.05) is 40.9 Å². The fourth-order valence-electron chi connectivity index (χ4n) is 5.75. The smallest absolute Gasteiger partial charge is 0.251 e. The highest BCUT2D eigenvalue weighted by atomic mass is 16.5. The minimum Gasteiger partial charge on any atom is -0.375 e. The third-order valence-corrected chi connectivity index (χ3v) is 7.58. The number of aromatic nitrogens is 4. The third kappa shape index (κ3) is 4.32. The topological polar surface area (TPSA) is 81.9 Å². The molecule has 1 aliphatic heterocycles. The van der Waals surface area contributed by atoms with Crippen LogP contribution in [0.4, 0.5) is 0 Å². The lowest BCUT2D eigenvalue weighted by Gasteiger charge is -2.35. The number of nitrogens with zero attached hydrogens (tertiary/aromatic N) is 4. The molecule has 2 aliphatic rings. The summed E-state index contributed by atoms with van der Waals surface area (Å²) >= 11 is 0. The zero-order valence-electron chi connectivity index (χ0n) is 19.9. The van der Waals surface area contributed by atoms with Crippen molar-refractivity contribution in [1.29, 1.82) is 0 Å². The van der Waals surface area contributed by atoms with Crippen molar-refractivity contribution in [2.75, 3.05) is 13.2 Å². The van der Waals surface area contributed by atoms with Gasteiger partial charge < -0.3 is 10.1 Å². The summed E-state index contributed by atoms with van der Waals surface area (Å²) in [6.07, 6.45) is 9.97. The monoisotopic (exact) mass is 467 g/mol. The van der Waals surface area contributed by atoms with Crippen LogP contribution in [0.3, 0.4) is 0 Å². The molecule has 7 heteroatoms. The molecule has 2 aromatic heterocycles. The molecule has 2 bridgehead atoms. The van der Waals surface area contributed by atoms with Crippen LogP contribution in [-0.4, -0.2) is 44.6 Å². The van der Waals surface area contributed by atoms with E-state index < -0.39 is 0 Å². The van der Waals surface area contributed by atoms with Gasteiger partial charge in [0.25, 0.3) is 5.91 Å². The molecule has 6 rings (SSSR count). The van der Waals surface area contributed by atoms with Crippen molar-refractivity contribution in [3.8, 4) is 11.3 Å². The Morgan fingerprint density at radius 3 is 3.00 bits per heavy atom. The van der Waals surface area contributed by atoms with Crippen LogP contribution in [0.5, 0.6) is 0 Å². The first kappa shape index (κ1) is 21.9. The number of hydrogen-bond acceptors (Lipinski definition) is 5. The maximum atomic E-state index is 13.2. The minimum atomic E-state index is -0.0439. The van der Waals surface area contributed by atoms with Gasteiger partial charge in [-0.05, 0) is 61.8 Å². The van der Waals surface area contributed by atoms with Crippen molar-refractivity contribution in [3.63, 3.8) is 0 Å². The number of hydrogen-bond donors (Lipinski definition) is 1. The molecule has 2 unspecified atom stereocenters. The highest BCUT2D eigenvalue weighted by molar-refractivity contribution is 5.95. The Kier molecular flexibility index (Phi) is 5.37. The molecule has 1 amide bonds. The van der Waals surface area contributed by atoms with Gasteiger partial charge in [0.2, 0.25) is 0 Å². The number of rotatable bonds is 6. The number of ether oxygens (including phenoxy) is 1. The van der Waals surface area contributed by atoms with Gasteiger partial charge in [-0.15, -0.1) is 5.10 Å². The molecule has 7 nitrogen and oxygen atoms in total. The zero-order valence-corrected chi connectivity index (χ0v) is 19.9. The van der Waals surface area contributed by atoms with Gasteiger partial charge in [-0.1, -0.05) is 35.5 Å². The van der Waals surface area contributed by atoms with E-state index in [1.54, 1.807) is 10.9 Å². The summed E-state index contributed by atoms with van der Waals surface area (Å²) in [6.45, 7) is 4.06. The quantitative estimate of drug-likeness (QED) is 0.447. The van der Waals surface area contributed by atoms with E-state index in [4.69, 9.17) is 4.74 Å². The lowest BCUT2D eigenvalue weighted by atomic mass is 9.71. The predicted octanol–water partition coefficient (Wildman–Crippen LogP) is 4.62. The average Bonchev–Trinajstić information content (AvgIpc) is 3.44. The van der Waals surface area contributed by atoms with E-state index in [2.05, 4.69) is 33.6 Å². The number of carbonyl (C=O) groups is 1. The molecule has 1 saturated carbocycles. The van der Waals surface area contributed by atoms with Crippen molar-refractivity contribution in [3.05, 3.63) is 78.2 Å². The van der Waals surface area contributed by atoms with Crippen molar-refractivity contribution in [2.45, 2.75) is 44.8 Å². The molecule has 3 heterocycles. The van der Waals surface area contributed by atoms with Crippen molar-refractivity contribution in [2.24, 2.45) is 5.41 Å². The number of fused-ring (bicyclic) bond motifs is 3. The van der Waals surface area contributed by atoms with Gasteiger partial charge in [0.05, 0.1) is 24.9 Å². The second-order valence-electron chi connectivity index (χ2n) is 10.3. The summed E-state index contributed by atoms with van der Waals surface area (Å²) in [4.78, 5) is 17.4. The van der Waals surface area contributed by atoms with E-state index in [0.29, 0.717) is 18.7 Å².